The molecule has 2 heterocycles. The lowest BCUT2D eigenvalue weighted by molar-refractivity contribution is -0.142. The largest absolute Gasteiger partial charge is 0.492 e. The lowest BCUT2D eigenvalue weighted by Crippen LogP contribution is -2.54. The van der Waals surface area contributed by atoms with E-state index in [4.69, 9.17) is 4.74 Å². The molecule has 2 aliphatic heterocycles. The summed E-state index contributed by atoms with van der Waals surface area (Å²) in [5.74, 6) is 6.26. The number of ketones is 1. The maximum absolute atomic E-state index is 12.5. The summed E-state index contributed by atoms with van der Waals surface area (Å²) >= 11 is 0. The van der Waals surface area contributed by atoms with E-state index in [0.717, 1.165) is 16.8 Å². The predicted octanol–water partition coefficient (Wildman–Crippen LogP) is 1.57. The molecule has 0 amide bonds. The van der Waals surface area contributed by atoms with E-state index < -0.39 is 22.2 Å². The lowest BCUT2D eigenvalue weighted by Gasteiger charge is -2.35. The first kappa shape index (κ1) is 24.7. The monoisotopic (exact) mass is 497 g/mol. The molecule has 2 aliphatic rings. The highest BCUT2D eigenvalue weighted by Crippen LogP contribution is 2.25. The molecule has 35 heavy (non-hydrogen) atoms. The number of fused-ring (bicyclic) bond motifs is 1. The van der Waals surface area contributed by atoms with Crippen LogP contribution < -0.4 is 14.4 Å². The van der Waals surface area contributed by atoms with Gasteiger partial charge < -0.3 is 14.4 Å². The third-order valence-electron chi connectivity index (χ3n) is 5.91. The van der Waals surface area contributed by atoms with Gasteiger partial charge in [0, 0.05) is 49.4 Å². The topological polar surface area (TPSA) is 105 Å². The fourth-order valence-electron chi connectivity index (χ4n) is 3.95. The van der Waals surface area contributed by atoms with Crippen molar-refractivity contribution in [3.63, 3.8) is 0 Å². The van der Waals surface area contributed by atoms with Gasteiger partial charge in [0.05, 0.1) is 19.3 Å². The average Bonchev–Trinajstić information content (AvgIpc) is 2.87. The Bertz CT molecular complexity index is 1270. The quantitative estimate of drug-likeness (QED) is 0.494. The van der Waals surface area contributed by atoms with Crippen LogP contribution in [-0.4, -0.2) is 70.4 Å². The van der Waals surface area contributed by atoms with E-state index in [1.54, 1.807) is 12.1 Å². The lowest BCUT2D eigenvalue weighted by atomic mass is 10.0. The van der Waals surface area contributed by atoms with Crippen LogP contribution in [0.1, 0.15) is 34.8 Å². The maximum atomic E-state index is 12.5. The van der Waals surface area contributed by atoms with Gasteiger partial charge in [-0.15, -0.1) is 0 Å². The number of piperazine rings is 1. The molecule has 9 nitrogen and oxygen atoms in total. The van der Waals surface area contributed by atoms with E-state index in [2.05, 4.69) is 26.2 Å². The number of nitrogens with zero attached hydrogens (tertiary/aromatic N) is 2. The third kappa shape index (κ3) is 5.82. The fraction of sp³-hybridized carbons (Fsp3) is 0.360. The van der Waals surface area contributed by atoms with E-state index in [0.29, 0.717) is 50.5 Å². The van der Waals surface area contributed by atoms with Gasteiger partial charge in [-0.1, -0.05) is 11.8 Å². The van der Waals surface area contributed by atoms with E-state index in [1.165, 1.54) is 18.3 Å². The van der Waals surface area contributed by atoms with Gasteiger partial charge in [0.2, 0.25) is 0 Å². The number of methoxy groups -OCH3 is 1. The Balaban J connectivity index is 1.36. The molecular formula is C25H27N3O6S. The van der Waals surface area contributed by atoms with Gasteiger partial charge in [-0.25, -0.2) is 0 Å². The van der Waals surface area contributed by atoms with Crippen LogP contribution in [0.25, 0.3) is 0 Å². The van der Waals surface area contributed by atoms with Crippen LogP contribution in [0.3, 0.4) is 0 Å². The van der Waals surface area contributed by atoms with E-state index >= 15 is 0 Å². The first-order valence-corrected chi connectivity index (χ1v) is 12.7. The van der Waals surface area contributed by atoms with Crippen molar-refractivity contribution < 1.29 is 27.5 Å². The fourth-order valence-corrected chi connectivity index (χ4v) is 5.29. The molecule has 0 unspecified atom stereocenters. The molecule has 2 aromatic carbocycles. The van der Waals surface area contributed by atoms with Crippen molar-refractivity contribution in [3.8, 4) is 17.6 Å². The number of Topliss-reactive ketones (excluding diaryl/α,β-unsaturated/α-hetero) is 1. The molecule has 0 aliphatic carbocycles. The summed E-state index contributed by atoms with van der Waals surface area (Å²) in [5, 5.41) is 0. The van der Waals surface area contributed by atoms with E-state index in [1.807, 2.05) is 30.3 Å². The van der Waals surface area contributed by atoms with Crippen LogP contribution in [0.4, 0.5) is 5.69 Å². The zero-order valence-electron chi connectivity index (χ0n) is 19.6. The van der Waals surface area contributed by atoms with Crippen molar-refractivity contribution in [2.75, 3.05) is 44.8 Å². The summed E-state index contributed by atoms with van der Waals surface area (Å²) < 4.78 is 38.8. The van der Waals surface area contributed by atoms with Crippen LogP contribution >= 0.6 is 0 Å². The zero-order chi connectivity index (χ0) is 25.0. The number of carbonyl (C=O) groups excluding carboxylic acids is 2. The summed E-state index contributed by atoms with van der Waals surface area (Å²) in [6.45, 7) is 3.49. The summed E-state index contributed by atoms with van der Waals surface area (Å²) in [7, 11) is -2.57. The molecule has 10 heteroatoms. The number of carbonyl (C=O) groups is 2. The highest BCUT2D eigenvalue weighted by molar-refractivity contribution is 7.87. The summed E-state index contributed by atoms with van der Waals surface area (Å²) in [6.07, 6.45) is 0.384. The normalized spacial score (nSPS) is 17.0. The zero-order valence-corrected chi connectivity index (χ0v) is 20.4. The third-order valence-corrected chi connectivity index (χ3v) is 7.61. The number of esters is 1. The molecule has 0 aromatic heterocycles. The molecule has 0 saturated carbocycles. The first-order chi connectivity index (χ1) is 16.8. The molecule has 1 fully saturated rings. The van der Waals surface area contributed by atoms with Crippen molar-refractivity contribution in [3.05, 3.63) is 59.2 Å². The molecule has 1 saturated heterocycles. The van der Waals surface area contributed by atoms with Gasteiger partial charge >= 0.3 is 5.97 Å². The van der Waals surface area contributed by atoms with Crippen molar-refractivity contribution >= 4 is 27.6 Å². The smallest absolute Gasteiger partial charge is 0.323 e. The van der Waals surface area contributed by atoms with Crippen molar-refractivity contribution in [2.24, 2.45) is 0 Å². The number of rotatable bonds is 5. The minimum atomic E-state index is -3.78. The number of nitrogens with one attached hydrogen (secondary N) is 1. The van der Waals surface area contributed by atoms with Crippen molar-refractivity contribution in [2.45, 2.75) is 19.4 Å². The van der Waals surface area contributed by atoms with Crippen LogP contribution in [0.5, 0.6) is 5.75 Å². The molecule has 1 atom stereocenters. The number of ether oxygens (including phenoxy) is 2. The minimum absolute atomic E-state index is 0.0703. The van der Waals surface area contributed by atoms with Crippen LogP contribution in [0.15, 0.2) is 42.5 Å². The highest BCUT2D eigenvalue weighted by Gasteiger charge is 2.30. The number of benzene rings is 2. The summed E-state index contributed by atoms with van der Waals surface area (Å²) in [6, 6.07) is 12.2. The average molecular weight is 498 g/mol. The summed E-state index contributed by atoms with van der Waals surface area (Å²) in [4.78, 5) is 25.7. The second-order valence-electron chi connectivity index (χ2n) is 8.28. The van der Waals surface area contributed by atoms with Gasteiger partial charge in [0.25, 0.3) is 10.2 Å². The number of hydrogen-bond acceptors (Lipinski definition) is 7. The van der Waals surface area contributed by atoms with Crippen molar-refractivity contribution in [1.82, 2.24) is 9.03 Å². The standard InChI is InChI=1S/C25H27N3O6S/c1-18(25(30)33-2)26-35(31,32)28-14-12-27(13-15-28)21-8-5-19(6-9-21)3-4-20-7-10-24-22(17-20)23(29)11-16-34-24/h5-10,17-18,26H,11-16H2,1-2H3/t18-/m1/s1. The second-order valence-corrected chi connectivity index (χ2v) is 9.99. The molecule has 4 rings (SSSR count). The Hall–Kier alpha value is -3.39. The van der Waals surface area contributed by atoms with Gasteiger partial charge in [0.1, 0.15) is 11.8 Å². The van der Waals surface area contributed by atoms with Gasteiger partial charge in [-0.2, -0.15) is 17.4 Å². The highest BCUT2D eigenvalue weighted by atomic mass is 32.2. The Morgan fingerprint density at radius 1 is 1.06 bits per heavy atom. The van der Waals surface area contributed by atoms with E-state index in [-0.39, 0.29) is 5.78 Å². The van der Waals surface area contributed by atoms with Crippen LogP contribution in [0.2, 0.25) is 0 Å². The Morgan fingerprint density at radius 3 is 2.40 bits per heavy atom. The predicted molar refractivity (Wildman–Crippen MR) is 131 cm³/mol. The van der Waals surface area contributed by atoms with Gasteiger partial charge in [-0.05, 0) is 49.4 Å². The molecular weight excluding hydrogens is 470 g/mol. The molecule has 1 N–H and O–H groups in total. The Labute approximate surface area is 205 Å². The first-order valence-electron chi connectivity index (χ1n) is 11.3. The van der Waals surface area contributed by atoms with E-state index in [9.17, 15) is 18.0 Å². The molecule has 0 bridgehead atoms. The summed E-state index contributed by atoms with van der Waals surface area (Å²) in [5.41, 5.74) is 3.13. The molecule has 0 radical (unpaired) electrons. The maximum Gasteiger partial charge on any atom is 0.323 e. The molecule has 0 spiro atoms. The van der Waals surface area contributed by atoms with Crippen molar-refractivity contribution in [1.29, 1.82) is 0 Å². The Morgan fingerprint density at radius 2 is 1.71 bits per heavy atom. The van der Waals surface area contributed by atoms with Gasteiger partial charge in [-0.3, -0.25) is 9.59 Å². The number of hydrogen-bond donors (Lipinski definition) is 1. The number of anilines is 1. The molecule has 184 valence electrons. The molecule has 2 aromatic rings. The van der Waals surface area contributed by atoms with Crippen LogP contribution in [0, 0.1) is 11.8 Å². The van der Waals surface area contributed by atoms with Crippen LogP contribution in [-0.2, 0) is 19.7 Å². The SMILES string of the molecule is COC(=O)[C@@H](C)NS(=O)(=O)N1CCN(c2ccc(C#Cc3ccc4c(c3)C(=O)CCO4)cc2)CC1. The van der Waals surface area contributed by atoms with Gasteiger partial charge in [0.15, 0.2) is 5.78 Å². The minimum Gasteiger partial charge on any atom is -0.492 e. The Kier molecular flexibility index (Phi) is 7.40. The second kappa shape index (κ2) is 10.5.